The molecule has 98 valence electrons. The van der Waals surface area contributed by atoms with Crippen LogP contribution in [0.15, 0.2) is 30.5 Å². The number of aryl methyl sites for hydroxylation is 1. The molecule has 2 heterocycles. The minimum Gasteiger partial charge on any atom is -0.482 e. The molecule has 4 heteroatoms. The Morgan fingerprint density at radius 3 is 2.84 bits per heavy atom. The molecule has 1 unspecified atom stereocenters. The van der Waals surface area contributed by atoms with Crippen LogP contribution in [0, 0.1) is 6.92 Å². The van der Waals surface area contributed by atoms with Gasteiger partial charge in [-0.3, -0.25) is 0 Å². The maximum atomic E-state index is 9.59. The highest BCUT2D eigenvalue weighted by Crippen LogP contribution is 2.35. The SMILES string of the molecule is Cc1nc(C2Cc3ccccc3O2)ncc1[C@H](C)O. The van der Waals surface area contributed by atoms with Gasteiger partial charge < -0.3 is 9.84 Å². The fourth-order valence-electron chi connectivity index (χ4n) is 2.39. The highest BCUT2D eigenvalue weighted by atomic mass is 16.5. The lowest BCUT2D eigenvalue weighted by Gasteiger charge is -2.12. The van der Waals surface area contributed by atoms with Crippen molar-refractivity contribution in [3.05, 3.63) is 53.1 Å². The van der Waals surface area contributed by atoms with Gasteiger partial charge in [-0.1, -0.05) is 18.2 Å². The quantitative estimate of drug-likeness (QED) is 0.897. The zero-order valence-electron chi connectivity index (χ0n) is 11.0. The average Bonchev–Trinajstić information content (AvgIpc) is 2.81. The number of aromatic nitrogens is 2. The minimum absolute atomic E-state index is 0.126. The van der Waals surface area contributed by atoms with E-state index in [1.54, 1.807) is 13.1 Å². The molecule has 0 aliphatic carbocycles. The van der Waals surface area contributed by atoms with Crippen molar-refractivity contribution in [3.8, 4) is 5.75 Å². The summed E-state index contributed by atoms with van der Waals surface area (Å²) < 4.78 is 5.86. The highest BCUT2D eigenvalue weighted by molar-refractivity contribution is 5.38. The third-order valence-corrected chi connectivity index (χ3v) is 3.42. The summed E-state index contributed by atoms with van der Waals surface area (Å²) in [6, 6.07) is 8.00. The molecule has 0 saturated heterocycles. The minimum atomic E-state index is -0.546. The molecule has 19 heavy (non-hydrogen) atoms. The number of hydrogen-bond acceptors (Lipinski definition) is 4. The molecular weight excluding hydrogens is 240 g/mol. The number of benzene rings is 1. The first-order valence-corrected chi connectivity index (χ1v) is 6.41. The lowest BCUT2D eigenvalue weighted by Crippen LogP contribution is -2.11. The smallest absolute Gasteiger partial charge is 0.169 e. The number of rotatable bonds is 2. The summed E-state index contributed by atoms with van der Waals surface area (Å²) in [5.41, 5.74) is 2.76. The van der Waals surface area contributed by atoms with Gasteiger partial charge in [-0.05, 0) is 25.5 Å². The van der Waals surface area contributed by atoms with E-state index < -0.39 is 6.10 Å². The van der Waals surface area contributed by atoms with Crippen LogP contribution in [0.5, 0.6) is 5.75 Å². The van der Waals surface area contributed by atoms with Crippen molar-refractivity contribution < 1.29 is 9.84 Å². The fraction of sp³-hybridized carbons (Fsp3) is 0.333. The van der Waals surface area contributed by atoms with Crippen LogP contribution in [0.3, 0.4) is 0 Å². The zero-order valence-corrected chi connectivity index (χ0v) is 11.0. The van der Waals surface area contributed by atoms with Gasteiger partial charge in [0.2, 0.25) is 0 Å². The van der Waals surface area contributed by atoms with E-state index in [0.29, 0.717) is 5.82 Å². The Hall–Kier alpha value is -1.94. The van der Waals surface area contributed by atoms with E-state index in [-0.39, 0.29) is 6.10 Å². The zero-order chi connectivity index (χ0) is 13.4. The second-order valence-corrected chi connectivity index (χ2v) is 4.86. The van der Waals surface area contributed by atoms with E-state index in [1.165, 1.54) is 5.56 Å². The molecule has 0 bridgehead atoms. The van der Waals surface area contributed by atoms with Crippen molar-refractivity contribution >= 4 is 0 Å². The number of para-hydroxylation sites is 1. The lowest BCUT2D eigenvalue weighted by molar-refractivity contribution is 0.195. The molecule has 4 nitrogen and oxygen atoms in total. The Morgan fingerprint density at radius 2 is 2.16 bits per heavy atom. The normalized spacial score (nSPS) is 18.8. The van der Waals surface area contributed by atoms with Crippen molar-refractivity contribution in [2.24, 2.45) is 0 Å². The summed E-state index contributed by atoms with van der Waals surface area (Å²) >= 11 is 0. The first-order chi connectivity index (χ1) is 9.15. The van der Waals surface area contributed by atoms with Crippen LogP contribution in [-0.2, 0) is 6.42 Å². The van der Waals surface area contributed by atoms with Gasteiger partial charge in [-0.2, -0.15) is 0 Å². The first kappa shape index (κ1) is 12.1. The standard InChI is InChI=1S/C15H16N2O2/c1-9-12(10(2)18)8-16-15(17-9)14-7-11-5-3-4-6-13(11)19-14/h3-6,8,10,14,18H,7H2,1-2H3/t10-,14?/m0/s1. The summed E-state index contributed by atoms with van der Waals surface area (Å²) in [4.78, 5) is 8.79. The van der Waals surface area contributed by atoms with Gasteiger partial charge in [0, 0.05) is 23.9 Å². The van der Waals surface area contributed by atoms with Crippen LogP contribution in [-0.4, -0.2) is 15.1 Å². The Balaban J connectivity index is 1.88. The molecule has 1 N–H and O–H groups in total. The molecule has 1 aliphatic heterocycles. The number of ether oxygens (including phenoxy) is 1. The predicted molar refractivity (Wildman–Crippen MR) is 70.9 cm³/mol. The van der Waals surface area contributed by atoms with Crippen LogP contribution in [0.4, 0.5) is 0 Å². The highest BCUT2D eigenvalue weighted by Gasteiger charge is 2.26. The summed E-state index contributed by atoms with van der Waals surface area (Å²) in [6.45, 7) is 3.60. The Morgan fingerprint density at radius 1 is 1.37 bits per heavy atom. The monoisotopic (exact) mass is 256 g/mol. The molecule has 1 aromatic carbocycles. The second kappa shape index (κ2) is 4.63. The van der Waals surface area contributed by atoms with E-state index in [2.05, 4.69) is 16.0 Å². The fourth-order valence-corrected chi connectivity index (χ4v) is 2.39. The van der Waals surface area contributed by atoms with Crippen molar-refractivity contribution in [1.29, 1.82) is 0 Å². The molecule has 0 fully saturated rings. The van der Waals surface area contributed by atoms with E-state index in [0.717, 1.165) is 23.4 Å². The van der Waals surface area contributed by atoms with Gasteiger partial charge in [0.1, 0.15) is 5.75 Å². The Bertz CT molecular complexity index is 586. The maximum Gasteiger partial charge on any atom is 0.169 e. The van der Waals surface area contributed by atoms with Crippen LogP contribution in [0.1, 0.15) is 41.8 Å². The Labute approximate surface area is 112 Å². The number of fused-ring (bicyclic) bond motifs is 1. The first-order valence-electron chi connectivity index (χ1n) is 6.41. The van der Waals surface area contributed by atoms with Crippen LogP contribution in [0.25, 0.3) is 0 Å². The second-order valence-electron chi connectivity index (χ2n) is 4.86. The molecule has 3 rings (SSSR count). The Kier molecular flexibility index (Phi) is 2.95. The van der Waals surface area contributed by atoms with Gasteiger partial charge in [-0.25, -0.2) is 9.97 Å². The van der Waals surface area contributed by atoms with Crippen LogP contribution in [0.2, 0.25) is 0 Å². The topological polar surface area (TPSA) is 55.2 Å². The maximum absolute atomic E-state index is 9.59. The number of nitrogens with zero attached hydrogens (tertiary/aromatic N) is 2. The molecule has 1 aromatic heterocycles. The van der Waals surface area contributed by atoms with Gasteiger partial charge >= 0.3 is 0 Å². The largest absolute Gasteiger partial charge is 0.482 e. The molecular formula is C15H16N2O2. The van der Waals surface area contributed by atoms with Crippen LogP contribution < -0.4 is 4.74 Å². The average molecular weight is 256 g/mol. The molecule has 2 aromatic rings. The molecule has 0 amide bonds. The molecule has 0 spiro atoms. The molecule has 2 atom stereocenters. The van der Waals surface area contributed by atoms with Gasteiger partial charge in [0.25, 0.3) is 0 Å². The summed E-state index contributed by atoms with van der Waals surface area (Å²) in [5, 5.41) is 9.59. The molecule has 1 aliphatic rings. The predicted octanol–water partition coefficient (Wildman–Crippen LogP) is 2.51. The van der Waals surface area contributed by atoms with Crippen LogP contribution >= 0.6 is 0 Å². The summed E-state index contributed by atoms with van der Waals surface area (Å²) in [6.07, 6.45) is 1.81. The van der Waals surface area contributed by atoms with Crippen molar-refractivity contribution in [2.75, 3.05) is 0 Å². The van der Waals surface area contributed by atoms with E-state index in [4.69, 9.17) is 4.74 Å². The third-order valence-electron chi connectivity index (χ3n) is 3.42. The van der Waals surface area contributed by atoms with Gasteiger partial charge in [-0.15, -0.1) is 0 Å². The number of hydrogen-bond donors (Lipinski definition) is 1. The van der Waals surface area contributed by atoms with E-state index >= 15 is 0 Å². The van der Waals surface area contributed by atoms with Crippen molar-refractivity contribution in [3.63, 3.8) is 0 Å². The summed E-state index contributed by atoms with van der Waals surface area (Å²) in [5.74, 6) is 1.59. The third kappa shape index (κ3) is 2.19. The van der Waals surface area contributed by atoms with E-state index in [9.17, 15) is 5.11 Å². The molecule has 0 saturated carbocycles. The van der Waals surface area contributed by atoms with Crippen molar-refractivity contribution in [1.82, 2.24) is 9.97 Å². The summed E-state index contributed by atoms with van der Waals surface area (Å²) in [7, 11) is 0. The van der Waals surface area contributed by atoms with Gasteiger partial charge in [0.05, 0.1) is 6.10 Å². The number of aliphatic hydroxyl groups is 1. The van der Waals surface area contributed by atoms with Gasteiger partial charge in [0.15, 0.2) is 11.9 Å². The van der Waals surface area contributed by atoms with E-state index in [1.807, 2.05) is 25.1 Å². The molecule has 0 radical (unpaired) electrons. The number of aliphatic hydroxyl groups excluding tert-OH is 1. The van der Waals surface area contributed by atoms with Crippen molar-refractivity contribution in [2.45, 2.75) is 32.5 Å². The lowest BCUT2D eigenvalue weighted by atomic mass is 10.1.